The first-order chi connectivity index (χ1) is 12.4. The molecule has 0 bridgehead atoms. The quantitative estimate of drug-likeness (QED) is 0.643. The van der Waals surface area contributed by atoms with Crippen molar-refractivity contribution in [2.45, 2.75) is 33.2 Å². The van der Waals surface area contributed by atoms with Crippen LogP contribution in [0, 0.1) is 5.92 Å². The first-order valence-electron chi connectivity index (χ1n) is 8.88. The van der Waals surface area contributed by atoms with E-state index in [0.717, 1.165) is 12.0 Å². The Labute approximate surface area is 167 Å². The lowest BCUT2D eigenvalue weighted by atomic mass is 10.1. The molecule has 6 heteroatoms. The van der Waals surface area contributed by atoms with E-state index in [0.29, 0.717) is 35.3 Å². The predicted molar refractivity (Wildman–Crippen MR) is 112 cm³/mol. The number of halogens is 1. The molecule has 0 aliphatic rings. The van der Waals surface area contributed by atoms with Crippen molar-refractivity contribution in [1.29, 1.82) is 0 Å². The van der Waals surface area contributed by atoms with Gasteiger partial charge in [0.25, 0.3) is 5.91 Å². The number of carbonyl (C=O) groups excluding carboxylic acids is 1. The van der Waals surface area contributed by atoms with Crippen molar-refractivity contribution >= 4 is 24.0 Å². The molecule has 0 aromatic heterocycles. The number of amides is 1. The highest BCUT2D eigenvalue weighted by molar-refractivity contribution is 5.94. The van der Waals surface area contributed by atoms with Crippen molar-refractivity contribution in [2.24, 2.45) is 5.92 Å². The average molecular weight is 393 g/mol. The molecule has 2 aromatic rings. The number of nitrogens with two attached hydrogens (primary N) is 1. The van der Waals surface area contributed by atoms with Crippen LogP contribution in [0.1, 0.15) is 49.2 Å². The summed E-state index contributed by atoms with van der Waals surface area (Å²) in [7, 11) is 1.62. The number of carbonyl (C=O) groups is 1. The third-order valence-electron chi connectivity index (χ3n) is 4.16. The van der Waals surface area contributed by atoms with Crippen molar-refractivity contribution in [3.05, 3.63) is 53.6 Å². The van der Waals surface area contributed by atoms with E-state index >= 15 is 0 Å². The van der Waals surface area contributed by atoms with Gasteiger partial charge in [-0.3, -0.25) is 4.79 Å². The fourth-order valence-corrected chi connectivity index (χ4v) is 2.48. The van der Waals surface area contributed by atoms with Crippen LogP contribution in [-0.2, 0) is 0 Å². The summed E-state index contributed by atoms with van der Waals surface area (Å²) in [6.45, 7) is 6.91. The molecule has 0 fully saturated rings. The Morgan fingerprint density at radius 3 is 2.33 bits per heavy atom. The van der Waals surface area contributed by atoms with Gasteiger partial charge in [0.2, 0.25) is 0 Å². The largest absolute Gasteiger partial charge is 0.493 e. The summed E-state index contributed by atoms with van der Waals surface area (Å²) >= 11 is 0. The topological polar surface area (TPSA) is 73.6 Å². The summed E-state index contributed by atoms with van der Waals surface area (Å²) in [5.41, 5.74) is 7.81. The number of methoxy groups -OCH3 is 1. The Morgan fingerprint density at radius 1 is 1.07 bits per heavy atom. The van der Waals surface area contributed by atoms with E-state index in [1.165, 1.54) is 0 Å². The van der Waals surface area contributed by atoms with Crippen LogP contribution < -0.4 is 20.5 Å². The van der Waals surface area contributed by atoms with Crippen LogP contribution in [0.2, 0.25) is 0 Å². The Kier molecular flexibility index (Phi) is 8.95. The molecule has 27 heavy (non-hydrogen) atoms. The summed E-state index contributed by atoms with van der Waals surface area (Å²) in [6.07, 6.45) is 0.985. The zero-order chi connectivity index (χ0) is 19.1. The van der Waals surface area contributed by atoms with Gasteiger partial charge in [0, 0.05) is 11.3 Å². The third kappa shape index (κ3) is 6.68. The normalized spacial score (nSPS) is 11.4. The molecule has 0 aliphatic carbocycles. The first-order valence-corrected chi connectivity index (χ1v) is 8.88. The van der Waals surface area contributed by atoms with Gasteiger partial charge in [-0.25, -0.2) is 0 Å². The Balaban J connectivity index is 0.00000364. The molecular weight excluding hydrogens is 364 g/mol. The zero-order valence-corrected chi connectivity index (χ0v) is 17.1. The van der Waals surface area contributed by atoms with Gasteiger partial charge in [-0.2, -0.15) is 0 Å². The number of ether oxygens (including phenoxy) is 2. The van der Waals surface area contributed by atoms with Gasteiger partial charge in [0.15, 0.2) is 11.5 Å². The first kappa shape index (κ1) is 22.6. The SMILES string of the molecule is COc1cc(C(C)NC(=O)c2ccc(N)cc2)ccc1OCCC(C)C.Cl. The molecule has 1 atom stereocenters. The molecule has 0 radical (unpaired) electrons. The monoisotopic (exact) mass is 392 g/mol. The molecule has 5 nitrogen and oxygen atoms in total. The molecule has 3 N–H and O–H groups in total. The van der Waals surface area contributed by atoms with Gasteiger partial charge in [-0.05, 0) is 61.2 Å². The van der Waals surface area contributed by atoms with Crippen LogP contribution in [0.3, 0.4) is 0 Å². The van der Waals surface area contributed by atoms with Crippen LogP contribution in [-0.4, -0.2) is 19.6 Å². The van der Waals surface area contributed by atoms with E-state index in [1.54, 1.807) is 31.4 Å². The van der Waals surface area contributed by atoms with Crippen LogP contribution in [0.5, 0.6) is 11.5 Å². The summed E-state index contributed by atoms with van der Waals surface area (Å²) in [6, 6.07) is 12.4. The second-order valence-electron chi connectivity index (χ2n) is 6.76. The second-order valence-corrected chi connectivity index (χ2v) is 6.76. The van der Waals surface area contributed by atoms with Crippen molar-refractivity contribution in [3.8, 4) is 11.5 Å². The van der Waals surface area contributed by atoms with Crippen molar-refractivity contribution in [1.82, 2.24) is 5.32 Å². The average Bonchev–Trinajstić information content (AvgIpc) is 2.62. The van der Waals surface area contributed by atoms with E-state index in [-0.39, 0.29) is 24.4 Å². The number of rotatable bonds is 8. The molecule has 0 heterocycles. The fourth-order valence-electron chi connectivity index (χ4n) is 2.48. The van der Waals surface area contributed by atoms with Gasteiger partial charge in [-0.1, -0.05) is 19.9 Å². The molecule has 0 spiro atoms. The molecule has 0 saturated carbocycles. The van der Waals surface area contributed by atoms with Crippen LogP contribution in [0.25, 0.3) is 0 Å². The highest BCUT2D eigenvalue weighted by Crippen LogP contribution is 2.30. The van der Waals surface area contributed by atoms with Crippen molar-refractivity contribution in [3.63, 3.8) is 0 Å². The predicted octanol–water partition coefficient (Wildman–Crippen LogP) is 4.62. The third-order valence-corrected chi connectivity index (χ3v) is 4.16. The lowest BCUT2D eigenvalue weighted by Crippen LogP contribution is -2.26. The van der Waals surface area contributed by atoms with E-state index in [2.05, 4.69) is 19.2 Å². The lowest BCUT2D eigenvalue weighted by Gasteiger charge is -2.17. The van der Waals surface area contributed by atoms with Crippen LogP contribution in [0.15, 0.2) is 42.5 Å². The number of benzene rings is 2. The lowest BCUT2D eigenvalue weighted by molar-refractivity contribution is 0.0940. The van der Waals surface area contributed by atoms with Gasteiger partial charge in [-0.15, -0.1) is 12.4 Å². The van der Waals surface area contributed by atoms with Gasteiger partial charge in [0.05, 0.1) is 19.8 Å². The van der Waals surface area contributed by atoms with E-state index in [1.807, 2.05) is 25.1 Å². The maximum absolute atomic E-state index is 12.4. The minimum Gasteiger partial charge on any atom is -0.493 e. The molecule has 2 rings (SSSR count). The molecule has 1 unspecified atom stereocenters. The Hall–Kier alpha value is -2.40. The number of hydrogen-bond donors (Lipinski definition) is 2. The van der Waals surface area contributed by atoms with Gasteiger partial charge < -0.3 is 20.5 Å². The molecule has 1 amide bonds. The molecule has 2 aromatic carbocycles. The number of anilines is 1. The fraction of sp³-hybridized carbons (Fsp3) is 0.381. The molecule has 148 valence electrons. The minimum absolute atomic E-state index is 0. The second kappa shape index (κ2) is 10.7. The summed E-state index contributed by atoms with van der Waals surface area (Å²) in [5, 5.41) is 2.98. The number of nitrogen functional groups attached to an aromatic ring is 1. The Bertz CT molecular complexity index is 733. The minimum atomic E-state index is -0.168. The van der Waals surface area contributed by atoms with Crippen molar-refractivity contribution in [2.75, 3.05) is 19.5 Å². The number of nitrogens with one attached hydrogen (secondary N) is 1. The smallest absolute Gasteiger partial charge is 0.251 e. The van der Waals surface area contributed by atoms with E-state index in [4.69, 9.17) is 15.2 Å². The zero-order valence-electron chi connectivity index (χ0n) is 16.3. The maximum atomic E-state index is 12.4. The van der Waals surface area contributed by atoms with Gasteiger partial charge >= 0.3 is 0 Å². The van der Waals surface area contributed by atoms with E-state index in [9.17, 15) is 4.79 Å². The Morgan fingerprint density at radius 2 is 1.74 bits per heavy atom. The molecule has 0 saturated heterocycles. The summed E-state index contributed by atoms with van der Waals surface area (Å²) < 4.78 is 11.3. The van der Waals surface area contributed by atoms with E-state index < -0.39 is 0 Å². The highest BCUT2D eigenvalue weighted by atomic mass is 35.5. The summed E-state index contributed by atoms with van der Waals surface area (Å²) in [5.74, 6) is 1.83. The molecular formula is C21H29ClN2O3. The highest BCUT2D eigenvalue weighted by Gasteiger charge is 2.14. The maximum Gasteiger partial charge on any atom is 0.251 e. The standard InChI is InChI=1S/C21H28N2O3.ClH/c1-14(2)11-12-26-19-10-7-17(13-20(19)25-4)15(3)23-21(24)16-5-8-18(22)9-6-16;/h5-10,13-15H,11-12,22H2,1-4H3,(H,23,24);1H. The summed E-state index contributed by atoms with van der Waals surface area (Å²) in [4.78, 5) is 12.4. The molecule has 0 aliphatic heterocycles. The van der Waals surface area contributed by atoms with Gasteiger partial charge in [0.1, 0.15) is 0 Å². The van der Waals surface area contributed by atoms with Crippen LogP contribution in [0.4, 0.5) is 5.69 Å². The van der Waals surface area contributed by atoms with Crippen molar-refractivity contribution < 1.29 is 14.3 Å². The van der Waals surface area contributed by atoms with Crippen LogP contribution >= 0.6 is 12.4 Å². The number of hydrogen-bond acceptors (Lipinski definition) is 4.